The third-order valence-electron chi connectivity index (χ3n) is 7.23. The van der Waals surface area contributed by atoms with Gasteiger partial charge in [0.25, 0.3) is 0 Å². The van der Waals surface area contributed by atoms with Gasteiger partial charge in [-0.2, -0.15) is 13.2 Å². The van der Waals surface area contributed by atoms with Crippen molar-refractivity contribution in [2.45, 2.75) is 63.0 Å². The Hall–Kier alpha value is -4.06. The van der Waals surface area contributed by atoms with E-state index in [1.165, 1.54) is 13.4 Å². The molecule has 2 N–H and O–H groups in total. The number of aromatic nitrogens is 4. The Morgan fingerprint density at radius 2 is 1.93 bits per heavy atom. The Kier molecular flexibility index (Phi) is 6.44. The first kappa shape index (κ1) is 26.2. The summed E-state index contributed by atoms with van der Waals surface area (Å²) >= 11 is 0. The predicted molar refractivity (Wildman–Crippen MR) is 141 cm³/mol. The molecular formula is C28H28F3N7O2. The number of alkyl halides is 3. The highest BCUT2D eigenvalue weighted by molar-refractivity contribution is 6.05. The molecule has 2 aromatic heterocycles. The average Bonchev–Trinajstić information content (AvgIpc) is 3.89. The number of benzene rings is 1. The lowest BCUT2D eigenvalue weighted by Crippen LogP contribution is -2.60. The van der Waals surface area contributed by atoms with Crippen LogP contribution in [0, 0.1) is 0 Å². The standard InChI is InChI=1S/C28H28F3N7O2/c1-16-11-27(14-39,37-24(35-16)22-23(18-7-8-18)32-15-33-26(22)40-2)34-12-17-3-5-19(6-4-17)25-36-21(28(29,30)31)13-38(25)20-9-10-20/h3-6,11,13-15,18,20,34H,7-10,12H2,1-2H3,(H,35,37). The second-order valence-corrected chi connectivity index (χ2v) is 10.4. The summed E-state index contributed by atoms with van der Waals surface area (Å²) in [6.07, 6.45) is 4.25. The average molecular weight is 552 g/mol. The molecule has 2 saturated carbocycles. The van der Waals surface area contributed by atoms with Crippen LogP contribution in [0.15, 0.2) is 53.6 Å². The van der Waals surface area contributed by atoms with Crippen LogP contribution in [0.5, 0.6) is 5.88 Å². The fourth-order valence-electron chi connectivity index (χ4n) is 4.94. The fraction of sp³-hybridized carbons (Fsp3) is 0.393. The van der Waals surface area contributed by atoms with Crippen molar-refractivity contribution in [3.8, 4) is 17.3 Å². The van der Waals surface area contributed by atoms with Crippen molar-refractivity contribution in [1.82, 2.24) is 30.2 Å². The van der Waals surface area contributed by atoms with E-state index in [0.717, 1.165) is 49.4 Å². The molecule has 9 nitrogen and oxygen atoms in total. The third kappa shape index (κ3) is 5.10. The topological polar surface area (TPSA) is 106 Å². The molecule has 12 heteroatoms. The van der Waals surface area contributed by atoms with Crippen LogP contribution >= 0.6 is 0 Å². The second kappa shape index (κ2) is 9.84. The molecule has 1 aromatic carbocycles. The number of carbonyl (C=O) groups is 1. The fourth-order valence-corrected chi connectivity index (χ4v) is 4.94. The van der Waals surface area contributed by atoms with E-state index in [9.17, 15) is 18.0 Å². The monoisotopic (exact) mass is 551 g/mol. The molecule has 3 aliphatic rings. The zero-order chi connectivity index (χ0) is 28.1. The lowest BCUT2D eigenvalue weighted by molar-refractivity contribution is -0.140. The SMILES string of the molecule is COc1ncnc(C2CC2)c1C1=NC(C)=CC(C=O)(NCc2ccc(-c3nc(C(F)(F)F)cn3C3CC3)cc2)N1. The molecule has 2 fully saturated rings. The molecule has 40 heavy (non-hydrogen) atoms. The van der Waals surface area contributed by atoms with E-state index >= 15 is 0 Å². The lowest BCUT2D eigenvalue weighted by Gasteiger charge is -2.33. The number of hydrogen-bond donors (Lipinski definition) is 2. The van der Waals surface area contributed by atoms with Crippen molar-refractivity contribution in [2.24, 2.45) is 4.99 Å². The molecule has 0 amide bonds. The third-order valence-corrected chi connectivity index (χ3v) is 7.23. The van der Waals surface area contributed by atoms with Crippen LogP contribution in [0.2, 0.25) is 0 Å². The Labute approximate surface area is 228 Å². The van der Waals surface area contributed by atoms with Gasteiger partial charge in [-0.05, 0) is 44.2 Å². The number of aliphatic imine (C=N–C) groups is 1. The molecule has 1 aliphatic heterocycles. The summed E-state index contributed by atoms with van der Waals surface area (Å²) < 4.78 is 47.1. The number of rotatable bonds is 9. The van der Waals surface area contributed by atoms with Crippen molar-refractivity contribution < 1.29 is 22.7 Å². The number of carbonyl (C=O) groups excluding carboxylic acids is 1. The van der Waals surface area contributed by atoms with Crippen LogP contribution in [0.3, 0.4) is 0 Å². The first-order valence-electron chi connectivity index (χ1n) is 13.1. The van der Waals surface area contributed by atoms with Crippen LogP contribution in [0.25, 0.3) is 11.4 Å². The number of imidazole rings is 1. The number of allylic oxidation sites excluding steroid dienone is 1. The Morgan fingerprint density at radius 1 is 1.18 bits per heavy atom. The number of nitrogens with zero attached hydrogens (tertiary/aromatic N) is 5. The Bertz CT molecular complexity index is 1510. The maximum absolute atomic E-state index is 13.3. The molecule has 0 radical (unpaired) electrons. The summed E-state index contributed by atoms with van der Waals surface area (Å²) in [5.41, 5.74) is 1.39. The van der Waals surface area contributed by atoms with Gasteiger partial charge in [0.2, 0.25) is 5.88 Å². The van der Waals surface area contributed by atoms with Crippen molar-refractivity contribution in [2.75, 3.05) is 7.11 Å². The molecule has 1 atom stereocenters. The summed E-state index contributed by atoms with van der Waals surface area (Å²) in [7, 11) is 1.53. The Morgan fingerprint density at radius 3 is 2.55 bits per heavy atom. The minimum Gasteiger partial charge on any atom is -0.480 e. The van der Waals surface area contributed by atoms with E-state index < -0.39 is 17.5 Å². The highest BCUT2D eigenvalue weighted by Gasteiger charge is 2.38. The van der Waals surface area contributed by atoms with Gasteiger partial charge in [0.05, 0.1) is 12.8 Å². The van der Waals surface area contributed by atoms with Gasteiger partial charge in [0, 0.05) is 36.0 Å². The molecule has 2 aliphatic carbocycles. The lowest BCUT2D eigenvalue weighted by atomic mass is 10.0. The van der Waals surface area contributed by atoms with Gasteiger partial charge in [0.15, 0.2) is 17.6 Å². The molecule has 1 unspecified atom stereocenters. The number of ether oxygens (including phenoxy) is 1. The number of methoxy groups -OCH3 is 1. The maximum atomic E-state index is 13.3. The number of hydrogen-bond acceptors (Lipinski definition) is 8. The smallest absolute Gasteiger partial charge is 0.434 e. The minimum atomic E-state index is -4.50. The van der Waals surface area contributed by atoms with Crippen LogP contribution in [0.1, 0.15) is 67.1 Å². The van der Waals surface area contributed by atoms with Gasteiger partial charge in [-0.15, -0.1) is 0 Å². The van der Waals surface area contributed by atoms with Crippen LogP contribution in [-0.2, 0) is 17.5 Å². The quantitative estimate of drug-likeness (QED) is 0.377. The summed E-state index contributed by atoms with van der Waals surface area (Å²) in [6, 6.07) is 7.18. The van der Waals surface area contributed by atoms with Crippen molar-refractivity contribution >= 4 is 12.1 Å². The van der Waals surface area contributed by atoms with Crippen LogP contribution < -0.4 is 15.4 Å². The van der Waals surface area contributed by atoms with Crippen LogP contribution in [0.4, 0.5) is 13.2 Å². The van der Waals surface area contributed by atoms with E-state index in [4.69, 9.17) is 4.74 Å². The van der Waals surface area contributed by atoms with Crippen molar-refractivity contribution in [3.63, 3.8) is 0 Å². The largest absolute Gasteiger partial charge is 0.480 e. The van der Waals surface area contributed by atoms with Crippen LogP contribution in [-0.4, -0.2) is 44.4 Å². The molecule has 3 heterocycles. The molecule has 0 bridgehead atoms. The Balaban J connectivity index is 1.22. The summed E-state index contributed by atoms with van der Waals surface area (Å²) in [4.78, 5) is 29.7. The highest BCUT2D eigenvalue weighted by atomic mass is 19.4. The molecule has 208 valence electrons. The van der Waals surface area contributed by atoms with Crippen molar-refractivity contribution in [3.05, 3.63) is 71.1 Å². The van der Waals surface area contributed by atoms with Crippen molar-refractivity contribution in [1.29, 1.82) is 0 Å². The number of aldehydes is 1. The van der Waals surface area contributed by atoms with E-state index in [-0.39, 0.29) is 6.04 Å². The molecule has 6 rings (SSSR count). The first-order chi connectivity index (χ1) is 19.2. The normalized spacial score (nSPS) is 20.9. The first-order valence-corrected chi connectivity index (χ1v) is 13.1. The number of halogens is 3. The summed E-state index contributed by atoms with van der Waals surface area (Å²) in [5, 5.41) is 6.50. The molecule has 0 saturated heterocycles. The summed E-state index contributed by atoms with van der Waals surface area (Å²) in [5.74, 6) is 1.42. The van der Waals surface area contributed by atoms with Gasteiger partial charge in [-0.3, -0.25) is 10.1 Å². The minimum absolute atomic E-state index is 0.0460. The zero-order valence-corrected chi connectivity index (χ0v) is 22.0. The summed E-state index contributed by atoms with van der Waals surface area (Å²) in [6.45, 7) is 2.10. The number of nitrogens with one attached hydrogen (secondary N) is 2. The molecule has 3 aromatic rings. The van der Waals surface area contributed by atoms with E-state index in [1.54, 1.807) is 29.7 Å². The molecule has 0 spiro atoms. The maximum Gasteiger partial charge on any atom is 0.434 e. The highest BCUT2D eigenvalue weighted by Crippen LogP contribution is 2.43. The van der Waals surface area contributed by atoms with E-state index in [2.05, 4.69) is 30.6 Å². The number of amidine groups is 1. The van der Waals surface area contributed by atoms with Gasteiger partial charge >= 0.3 is 6.18 Å². The zero-order valence-electron chi connectivity index (χ0n) is 22.0. The van der Waals surface area contributed by atoms with E-state index in [1.807, 2.05) is 12.1 Å². The van der Waals surface area contributed by atoms with Gasteiger partial charge in [0.1, 0.15) is 23.6 Å². The predicted octanol–water partition coefficient (Wildman–Crippen LogP) is 4.52. The molecular weight excluding hydrogens is 523 g/mol. The second-order valence-electron chi connectivity index (χ2n) is 10.4. The van der Waals surface area contributed by atoms with Gasteiger partial charge in [-0.25, -0.2) is 19.9 Å². The van der Waals surface area contributed by atoms with Gasteiger partial charge < -0.3 is 14.6 Å². The van der Waals surface area contributed by atoms with Gasteiger partial charge in [-0.1, -0.05) is 24.3 Å². The van der Waals surface area contributed by atoms with E-state index in [0.29, 0.717) is 46.8 Å².